The lowest BCUT2D eigenvalue weighted by atomic mass is 10.2. The van der Waals surface area contributed by atoms with Gasteiger partial charge in [0.15, 0.2) is 0 Å². The Bertz CT molecular complexity index is 447. The lowest BCUT2D eigenvalue weighted by molar-refractivity contribution is -0.121. The standard InChI is InChI=1S/C14H19ClN2O2/c1-16-14(18)6-7-19-13-5-2-10(8-12(13)15)9-17-11-3-4-11/h2,5,8,11,17H,3-4,6-7,9H2,1H3,(H,16,18). The lowest BCUT2D eigenvalue weighted by Gasteiger charge is -2.09. The lowest BCUT2D eigenvalue weighted by Crippen LogP contribution is -2.20. The van der Waals surface area contributed by atoms with E-state index in [0.717, 1.165) is 12.1 Å². The maximum absolute atomic E-state index is 11.1. The zero-order valence-electron chi connectivity index (χ0n) is 11.0. The molecule has 1 aromatic rings. The molecule has 104 valence electrons. The van der Waals surface area contributed by atoms with Gasteiger partial charge in [0.25, 0.3) is 0 Å². The first-order chi connectivity index (χ1) is 9.19. The minimum absolute atomic E-state index is 0.0404. The number of amides is 1. The molecule has 0 aliphatic heterocycles. The van der Waals surface area contributed by atoms with Crippen molar-refractivity contribution in [2.24, 2.45) is 0 Å². The van der Waals surface area contributed by atoms with Crippen molar-refractivity contribution >= 4 is 17.5 Å². The van der Waals surface area contributed by atoms with E-state index in [1.807, 2.05) is 18.2 Å². The molecule has 1 aliphatic carbocycles. The Morgan fingerprint density at radius 1 is 1.47 bits per heavy atom. The highest BCUT2D eigenvalue weighted by Crippen LogP contribution is 2.26. The SMILES string of the molecule is CNC(=O)CCOc1ccc(CNC2CC2)cc1Cl. The van der Waals surface area contributed by atoms with Crippen LogP contribution in [0.5, 0.6) is 5.75 Å². The highest BCUT2D eigenvalue weighted by molar-refractivity contribution is 6.32. The average Bonchev–Trinajstić information content (AvgIpc) is 3.22. The number of carbonyl (C=O) groups is 1. The van der Waals surface area contributed by atoms with Crippen LogP contribution in [0.15, 0.2) is 18.2 Å². The molecule has 5 heteroatoms. The van der Waals surface area contributed by atoms with E-state index >= 15 is 0 Å². The Kier molecular flexibility index (Phi) is 5.05. The summed E-state index contributed by atoms with van der Waals surface area (Å²) in [6.45, 7) is 1.17. The molecule has 0 saturated heterocycles. The Hall–Kier alpha value is -1.26. The smallest absolute Gasteiger partial charge is 0.223 e. The van der Waals surface area contributed by atoms with Crippen molar-refractivity contribution in [2.45, 2.75) is 31.8 Å². The first kappa shape index (κ1) is 14.2. The van der Waals surface area contributed by atoms with Crippen LogP contribution >= 0.6 is 11.6 Å². The summed E-state index contributed by atoms with van der Waals surface area (Å²) in [5.41, 5.74) is 1.15. The largest absolute Gasteiger partial charge is 0.491 e. The van der Waals surface area contributed by atoms with E-state index in [1.54, 1.807) is 7.05 Å². The Balaban J connectivity index is 1.81. The molecule has 0 heterocycles. The van der Waals surface area contributed by atoms with Crippen molar-refractivity contribution in [3.8, 4) is 5.75 Å². The fraction of sp³-hybridized carbons (Fsp3) is 0.500. The highest BCUT2D eigenvalue weighted by Gasteiger charge is 2.20. The number of hydrogen-bond donors (Lipinski definition) is 2. The third kappa shape index (κ3) is 4.73. The molecule has 2 N–H and O–H groups in total. The fourth-order valence-corrected chi connectivity index (χ4v) is 1.96. The molecule has 1 fully saturated rings. The van der Waals surface area contributed by atoms with Crippen LogP contribution < -0.4 is 15.4 Å². The first-order valence-electron chi connectivity index (χ1n) is 6.54. The van der Waals surface area contributed by atoms with E-state index < -0.39 is 0 Å². The maximum Gasteiger partial charge on any atom is 0.223 e. The summed E-state index contributed by atoms with van der Waals surface area (Å²) < 4.78 is 5.49. The van der Waals surface area contributed by atoms with E-state index in [0.29, 0.717) is 29.8 Å². The van der Waals surface area contributed by atoms with E-state index in [4.69, 9.17) is 16.3 Å². The van der Waals surface area contributed by atoms with Crippen LogP contribution in [0.2, 0.25) is 5.02 Å². The van der Waals surface area contributed by atoms with Gasteiger partial charge in [0.2, 0.25) is 5.91 Å². The Morgan fingerprint density at radius 2 is 2.26 bits per heavy atom. The molecular weight excluding hydrogens is 264 g/mol. The quantitative estimate of drug-likeness (QED) is 0.805. The predicted octanol–water partition coefficient (Wildman–Crippen LogP) is 2.11. The molecule has 1 aliphatic rings. The number of nitrogens with one attached hydrogen (secondary N) is 2. The number of halogens is 1. The molecule has 1 aromatic carbocycles. The predicted molar refractivity (Wildman–Crippen MR) is 75.5 cm³/mol. The molecule has 0 bridgehead atoms. The number of hydrogen-bond acceptors (Lipinski definition) is 3. The minimum Gasteiger partial charge on any atom is -0.491 e. The van der Waals surface area contributed by atoms with Crippen molar-refractivity contribution in [3.63, 3.8) is 0 Å². The third-order valence-corrected chi connectivity index (χ3v) is 3.33. The van der Waals surface area contributed by atoms with Crippen molar-refractivity contribution < 1.29 is 9.53 Å². The van der Waals surface area contributed by atoms with Crippen molar-refractivity contribution in [2.75, 3.05) is 13.7 Å². The number of ether oxygens (including phenoxy) is 1. The molecule has 19 heavy (non-hydrogen) atoms. The summed E-state index contributed by atoms with van der Waals surface area (Å²) in [6.07, 6.45) is 2.88. The third-order valence-electron chi connectivity index (χ3n) is 3.03. The van der Waals surface area contributed by atoms with Gasteiger partial charge < -0.3 is 15.4 Å². The maximum atomic E-state index is 11.1. The first-order valence-corrected chi connectivity index (χ1v) is 6.92. The van der Waals surface area contributed by atoms with Gasteiger partial charge in [0.05, 0.1) is 18.1 Å². The van der Waals surface area contributed by atoms with Gasteiger partial charge in [-0.15, -0.1) is 0 Å². The second-order valence-electron chi connectivity index (χ2n) is 4.69. The van der Waals surface area contributed by atoms with Gasteiger partial charge in [0, 0.05) is 19.6 Å². The summed E-state index contributed by atoms with van der Waals surface area (Å²) >= 11 is 6.16. The normalized spacial score (nSPS) is 14.2. The molecule has 2 rings (SSSR count). The number of benzene rings is 1. The van der Waals surface area contributed by atoms with Crippen molar-refractivity contribution in [1.29, 1.82) is 0 Å². The van der Waals surface area contributed by atoms with Gasteiger partial charge in [0.1, 0.15) is 5.75 Å². The molecule has 0 radical (unpaired) electrons. The van der Waals surface area contributed by atoms with Crippen LogP contribution in [-0.2, 0) is 11.3 Å². The molecule has 0 spiro atoms. The van der Waals surface area contributed by atoms with Crippen LogP contribution in [0.1, 0.15) is 24.8 Å². The van der Waals surface area contributed by atoms with Gasteiger partial charge in [-0.3, -0.25) is 4.79 Å². The molecule has 4 nitrogen and oxygen atoms in total. The molecule has 0 aromatic heterocycles. The van der Waals surface area contributed by atoms with E-state index in [2.05, 4.69) is 10.6 Å². The molecule has 1 amide bonds. The van der Waals surface area contributed by atoms with E-state index in [-0.39, 0.29) is 5.91 Å². The zero-order valence-corrected chi connectivity index (χ0v) is 11.8. The Labute approximate surface area is 118 Å². The summed E-state index contributed by atoms with van der Waals surface area (Å²) in [7, 11) is 1.61. The van der Waals surface area contributed by atoms with E-state index in [1.165, 1.54) is 12.8 Å². The van der Waals surface area contributed by atoms with E-state index in [9.17, 15) is 4.79 Å². The Morgan fingerprint density at radius 3 is 2.89 bits per heavy atom. The van der Waals surface area contributed by atoms with Gasteiger partial charge in [-0.2, -0.15) is 0 Å². The van der Waals surface area contributed by atoms with Crippen molar-refractivity contribution in [3.05, 3.63) is 28.8 Å². The van der Waals surface area contributed by atoms with Crippen LogP contribution in [0.3, 0.4) is 0 Å². The second kappa shape index (κ2) is 6.78. The molecule has 1 saturated carbocycles. The monoisotopic (exact) mass is 282 g/mol. The molecular formula is C14H19ClN2O2. The fourth-order valence-electron chi connectivity index (χ4n) is 1.70. The average molecular weight is 283 g/mol. The van der Waals surface area contributed by atoms with Gasteiger partial charge in [-0.25, -0.2) is 0 Å². The number of carbonyl (C=O) groups excluding carboxylic acids is 1. The topological polar surface area (TPSA) is 50.4 Å². The zero-order chi connectivity index (χ0) is 13.7. The second-order valence-corrected chi connectivity index (χ2v) is 5.10. The highest BCUT2D eigenvalue weighted by atomic mass is 35.5. The van der Waals surface area contributed by atoms with Crippen LogP contribution in [0.4, 0.5) is 0 Å². The van der Waals surface area contributed by atoms with Crippen LogP contribution in [0, 0.1) is 0 Å². The van der Waals surface area contributed by atoms with Crippen LogP contribution in [-0.4, -0.2) is 25.6 Å². The van der Waals surface area contributed by atoms with Gasteiger partial charge in [-0.1, -0.05) is 17.7 Å². The summed E-state index contributed by atoms with van der Waals surface area (Å²) in [5.74, 6) is 0.585. The summed E-state index contributed by atoms with van der Waals surface area (Å²) in [6, 6.07) is 6.45. The van der Waals surface area contributed by atoms with Crippen molar-refractivity contribution in [1.82, 2.24) is 10.6 Å². The summed E-state index contributed by atoms with van der Waals surface area (Å²) in [4.78, 5) is 11.1. The minimum atomic E-state index is -0.0404. The summed E-state index contributed by atoms with van der Waals surface area (Å²) in [5, 5.41) is 6.57. The van der Waals surface area contributed by atoms with Gasteiger partial charge >= 0.3 is 0 Å². The number of rotatable bonds is 7. The molecule has 0 unspecified atom stereocenters. The van der Waals surface area contributed by atoms with Gasteiger partial charge in [-0.05, 0) is 30.5 Å². The van der Waals surface area contributed by atoms with Crippen LogP contribution in [0.25, 0.3) is 0 Å². The molecule has 0 atom stereocenters.